The summed E-state index contributed by atoms with van der Waals surface area (Å²) >= 11 is 17.1. The van der Waals surface area contributed by atoms with E-state index in [1.165, 1.54) is 17.7 Å². The van der Waals surface area contributed by atoms with Crippen molar-refractivity contribution in [2.45, 2.75) is 12.8 Å². The van der Waals surface area contributed by atoms with Crippen LogP contribution in [0.3, 0.4) is 0 Å². The molecule has 1 amide bonds. The lowest BCUT2D eigenvalue weighted by Crippen LogP contribution is -2.34. The molecule has 3 rings (SSSR count). The number of nitrogens with one attached hydrogen (secondary N) is 2. The van der Waals surface area contributed by atoms with Crippen LogP contribution in [-0.2, 0) is 6.42 Å². The standard InChI is InChI=1S/C23H20Cl2N2O2S/c24-18-13-17(14-19(25)15-18)22(28)27-23(30)26-20-8-10-21(11-9-20)29-12-4-7-16-5-2-1-3-6-16/h1-3,5-6,8-11,13-15H,4,7,12H2,(H2,26,27,28,30). The highest BCUT2D eigenvalue weighted by molar-refractivity contribution is 7.80. The number of aryl methyl sites for hydroxylation is 1. The van der Waals surface area contributed by atoms with Crippen molar-refractivity contribution in [3.8, 4) is 5.75 Å². The molecule has 0 saturated carbocycles. The molecule has 0 aromatic heterocycles. The number of carbonyl (C=O) groups excluding carboxylic acids is 1. The maximum atomic E-state index is 12.3. The second kappa shape index (κ2) is 11.0. The summed E-state index contributed by atoms with van der Waals surface area (Å²) in [5.74, 6) is 0.382. The molecule has 2 N–H and O–H groups in total. The van der Waals surface area contributed by atoms with Crippen molar-refractivity contribution in [2.24, 2.45) is 0 Å². The normalized spacial score (nSPS) is 10.3. The van der Waals surface area contributed by atoms with Crippen molar-refractivity contribution < 1.29 is 9.53 Å². The fourth-order valence-corrected chi connectivity index (χ4v) is 3.50. The van der Waals surface area contributed by atoms with Crippen LogP contribution in [0.5, 0.6) is 5.75 Å². The van der Waals surface area contributed by atoms with Gasteiger partial charge in [-0.15, -0.1) is 0 Å². The molecule has 30 heavy (non-hydrogen) atoms. The highest BCUT2D eigenvalue weighted by Crippen LogP contribution is 2.19. The van der Waals surface area contributed by atoms with Crippen molar-refractivity contribution in [2.75, 3.05) is 11.9 Å². The Morgan fingerprint density at radius 1 is 0.933 bits per heavy atom. The van der Waals surface area contributed by atoms with Crippen LogP contribution >= 0.6 is 35.4 Å². The second-order valence-electron chi connectivity index (χ2n) is 6.53. The Hall–Kier alpha value is -2.60. The van der Waals surface area contributed by atoms with Gasteiger partial charge >= 0.3 is 0 Å². The summed E-state index contributed by atoms with van der Waals surface area (Å²) < 4.78 is 5.78. The highest BCUT2D eigenvalue weighted by Gasteiger charge is 2.10. The van der Waals surface area contributed by atoms with Gasteiger partial charge in [-0.25, -0.2) is 0 Å². The molecule has 0 unspecified atom stereocenters. The predicted molar refractivity (Wildman–Crippen MR) is 127 cm³/mol. The first kappa shape index (κ1) is 22.1. The van der Waals surface area contributed by atoms with E-state index in [9.17, 15) is 4.79 Å². The van der Waals surface area contributed by atoms with Crippen LogP contribution in [0.25, 0.3) is 0 Å². The van der Waals surface area contributed by atoms with Gasteiger partial charge in [0.15, 0.2) is 5.11 Å². The molecular formula is C23H20Cl2N2O2S. The Balaban J connectivity index is 1.44. The Labute approximate surface area is 191 Å². The van der Waals surface area contributed by atoms with E-state index in [0.717, 1.165) is 24.3 Å². The molecule has 7 heteroatoms. The summed E-state index contributed by atoms with van der Waals surface area (Å²) in [6, 6.07) is 22.3. The van der Waals surface area contributed by atoms with Crippen LogP contribution < -0.4 is 15.4 Å². The first-order valence-corrected chi connectivity index (χ1v) is 10.5. The van der Waals surface area contributed by atoms with E-state index < -0.39 is 5.91 Å². The third-order valence-corrected chi connectivity index (χ3v) is 4.83. The van der Waals surface area contributed by atoms with Crippen LogP contribution in [0.15, 0.2) is 72.8 Å². The number of anilines is 1. The molecular weight excluding hydrogens is 439 g/mol. The fraction of sp³-hybridized carbons (Fsp3) is 0.130. The molecule has 0 aliphatic carbocycles. The minimum absolute atomic E-state index is 0.174. The number of benzene rings is 3. The van der Waals surface area contributed by atoms with E-state index in [2.05, 4.69) is 22.8 Å². The minimum atomic E-state index is -0.393. The maximum Gasteiger partial charge on any atom is 0.257 e. The smallest absolute Gasteiger partial charge is 0.257 e. The first-order chi connectivity index (χ1) is 14.5. The van der Waals surface area contributed by atoms with Gasteiger partial charge in [0.25, 0.3) is 5.91 Å². The number of hydrogen-bond donors (Lipinski definition) is 2. The lowest BCUT2D eigenvalue weighted by Gasteiger charge is -2.11. The lowest BCUT2D eigenvalue weighted by molar-refractivity contribution is 0.0977. The van der Waals surface area contributed by atoms with Gasteiger partial charge in [0.05, 0.1) is 6.61 Å². The molecule has 3 aromatic rings. The molecule has 3 aromatic carbocycles. The summed E-state index contributed by atoms with van der Waals surface area (Å²) in [5.41, 5.74) is 2.37. The minimum Gasteiger partial charge on any atom is -0.494 e. The van der Waals surface area contributed by atoms with E-state index >= 15 is 0 Å². The average Bonchev–Trinajstić information content (AvgIpc) is 2.72. The molecule has 4 nitrogen and oxygen atoms in total. The van der Waals surface area contributed by atoms with Crippen LogP contribution in [-0.4, -0.2) is 17.6 Å². The number of ether oxygens (including phenoxy) is 1. The SMILES string of the molecule is O=C(NC(=S)Nc1ccc(OCCCc2ccccc2)cc1)c1cc(Cl)cc(Cl)c1. The maximum absolute atomic E-state index is 12.3. The molecule has 0 aliphatic rings. The molecule has 0 saturated heterocycles. The molecule has 0 aliphatic heterocycles. The van der Waals surface area contributed by atoms with Gasteiger partial charge in [0.2, 0.25) is 0 Å². The predicted octanol–water partition coefficient (Wildman–Crippen LogP) is 6.13. The van der Waals surface area contributed by atoms with Gasteiger partial charge in [-0.2, -0.15) is 0 Å². The largest absolute Gasteiger partial charge is 0.494 e. The number of thiocarbonyl (C=S) groups is 1. The van der Waals surface area contributed by atoms with Gasteiger partial charge in [0.1, 0.15) is 5.75 Å². The summed E-state index contributed by atoms with van der Waals surface area (Å²) in [4.78, 5) is 12.3. The number of halogens is 2. The van der Waals surface area contributed by atoms with Gasteiger partial charge in [0, 0.05) is 21.3 Å². The Morgan fingerprint density at radius 2 is 1.60 bits per heavy atom. The molecule has 0 bridgehead atoms. The van der Waals surface area contributed by atoms with Crippen molar-refractivity contribution in [1.29, 1.82) is 0 Å². The van der Waals surface area contributed by atoms with Crippen molar-refractivity contribution >= 4 is 52.1 Å². The molecule has 0 atom stereocenters. The van der Waals surface area contributed by atoms with Crippen LogP contribution in [0.4, 0.5) is 5.69 Å². The third kappa shape index (κ3) is 7.02. The summed E-state index contributed by atoms with van der Waals surface area (Å²) in [5, 5.41) is 6.50. The zero-order chi connectivity index (χ0) is 21.3. The van der Waals surface area contributed by atoms with Crippen LogP contribution in [0, 0.1) is 0 Å². The molecule has 0 heterocycles. The highest BCUT2D eigenvalue weighted by atomic mass is 35.5. The Kier molecular flexibility index (Phi) is 8.08. The van der Waals surface area contributed by atoms with E-state index in [0.29, 0.717) is 22.2 Å². The van der Waals surface area contributed by atoms with Crippen molar-refractivity contribution in [3.05, 3.63) is 94.0 Å². The lowest BCUT2D eigenvalue weighted by atomic mass is 10.1. The van der Waals surface area contributed by atoms with Crippen molar-refractivity contribution in [3.63, 3.8) is 0 Å². The second-order valence-corrected chi connectivity index (χ2v) is 7.81. The quantitative estimate of drug-likeness (QED) is 0.330. The summed E-state index contributed by atoms with van der Waals surface area (Å²) in [6.07, 6.45) is 1.92. The Bertz CT molecular complexity index is 991. The van der Waals surface area contributed by atoms with Crippen LogP contribution in [0.2, 0.25) is 10.0 Å². The molecule has 0 spiro atoms. The zero-order valence-corrected chi connectivity index (χ0v) is 18.4. The van der Waals surface area contributed by atoms with E-state index in [1.807, 2.05) is 42.5 Å². The van der Waals surface area contributed by atoms with E-state index in [1.54, 1.807) is 6.07 Å². The van der Waals surface area contributed by atoms with Crippen molar-refractivity contribution in [1.82, 2.24) is 5.32 Å². The number of rotatable bonds is 7. The number of carbonyl (C=O) groups is 1. The third-order valence-electron chi connectivity index (χ3n) is 4.19. The van der Waals surface area contributed by atoms with E-state index in [4.69, 9.17) is 40.2 Å². The first-order valence-electron chi connectivity index (χ1n) is 9.35. The molecule has 154 valence electrons. The topological polar surface area (TPSA) is 50.4 Å². The average molecular weight is 459 g/mol. The summed E-state index contributed by atoms with van der Waals surface area (Å²) in [7, 11) is 0. The van der Waals surface area contributed by atoms with Gasteiger partial charge in [-0.05, 0) is 73.1 Å². The Morgan fingerprint density at radius 3 is 2.27 bits per heavy atom. The number of hydrogen-bond acceptors (Lipinski definition) is 3. The summed E-state index contributed by atoms with van der Waals surface area (Å²) in [6.45, 7) is 0.637. The molecule has 0 radical (unpaired) electrons. The van der Waals surface area contributed by atoms with Gasteiger partial charge in [-0.1, -0.05) is 53.5 Å². The van der Waals surface area contributed by atoms with E-state index in [-0.39, 0.29) is 5.11 Å². The monoisotopic (exact) mass is 458 g/mol. The fourth-order valence-electron chi connectivity index (χ4n) is 2.77. The van der Waals surface area contributed by atoms with Gasteiger partial charge in [-0.3, -0.25) is 10.1 Å². The number of amides is 1. The van der Waals surface area contributed by atoms with Gasteiger partial charge < -0.3 is 10.1 Å². The zero-order valence-electron chi connectivity index (χ0n) is 16.0. The molecule has 0 fully saturated rings. The van der Waals surface area contributed by atoms with Crippen LogP contribution in [0.1, 0.15) is 22.3 Å².